The van der Waals surface area contributed by atoms with Crippen molar-refractivity contribution < 1.29 is 17.6 Å². The normalized spacial score (nSPS) is 11.4. The first-order chi connectivity index (χ1) is 9.36. The minimum atomic E-state index is -4.42. The summed E-state index contributed by atoms with van der Waals surface area (Å²) in [7, 11) is 0. The van der Waals surface area contributed by atoms with Crippen LogP contribution in [0.2, 0.25) is 5.28 Å². The highest BCUT2D eigenvalue weighted by Gasteiger charge is 2.30. The van der Waals surface area contributed by atoms with Crippen LogP contribution in [0, 0.1) is 5.82 Å². The van der Waals surface area contributed by atoms with Crippen LogP contribution in [0.3, 0.4) is 0 Å². The van der Waals surface area contributed by atoms with Crippen LogP contribution in [0.5, 0.6) is 0 Å². The van der Waals surface area contributed by atoms with E-state index in [0.717, 1.165) is 18.3 Å². The Labute approximate surface area is 116 Å². The molecule has 1 aromatic carbocycles. The van der Waals surface area contributed by atoms with Crippen LogP contribution in [0.4, 0.5) is 23.4 Å². The van der Waals surface area contributed by atoms with Crippen molar-refractivity contribution in [3.63, 3.8) is 0 Å². The van der Waals surface area contributed by atoms with E-state index >= 15 is 0 Å². The number of nitrogens with zero attached hydrogens (tertiary/aromatic N) is 2. The first kappa shape index (κ1) is 14.5. The Kier molecular flexibility index (Phi) is 4.08. The minimum absolute atomic E-state index is 0.0197. The molecule has 1 aromatic heterocycles. The zero-order valence-electron chi connectivity index (χ0n) is 9.88. The summed E-state index contributed by atoms with van der Waals surface area (Å²) in [5.41, 5.74) is -0.424. The highest BCUT2D eigenvalue weighted by atomic mass is 35.5. The maximum absolute atomic E-state index is 13.3. The molecule has 0 amide bonds. The molecule has 2 rings (SSSR count). The van der Waals surface area contributed by atoms with E-state index in [1.165, 1.54) is 12.1 Å². The quantitative estimate of drug-likeness (QED) is 0.690. The lowest BCUT2D eigenvalue weighted by Crippen LogP contribution is -2.08. The number of halogens is 5. The van der Waals surface area contributed by atoms with E-state index in [4.69, 9.17) is 11.6 Å². The van der Waals surface area contributed by atoms with Crippen LogP contribution in [-0.2, 0) is 12.7 Å². The molecule has 8 heteroatoms. The molecule has 0 saturated heterocycles. The summed E-state index contributed by atoms with van der Waals surface area (Å²) >= 11 is 5.51. The molecule has 2 aromatic rings. The van der Waals surface area contributed by atoms with Crippen LogP contribution in [0.25, 0.3) is 0 Å². The Balaban J connectivity index is 2.13. The van der Waals surface area contributed by atoms with E-state index in [1.807, 2.05) is 0 Å². The van der Waals surface area contributed by atoms with Gasteiger partial charge in [0.1, 0.15) is 0 Å². The van der Waals surface area contributed by atoms with Gasteiger partial charge in [-0.1, -0.05) is 12.1 Å². The number of anilines is 1. The SMILES string of the molecule is Fc1cnc(Cl)nc1NCc1cccc(C(F)(F)F)c1. The summed E-state index contributed by atoms with van der Waals surface area (Å²) in [5, 5.41) is 2.42. The van der Waals surface area contributed by atoms with Crippen LogP contribution >= 0.6 is 11.6 Å². The third-order valence-corrected chi connectivity index (χ3v) is 2.61. The third kappa shape index (κ3) is 3.57. The fraction of sp³-hybridized carbons (Fsp3) is 0.167. The first-order valence-electron chi connectivity index (χ1n) is 5.44. The van der Waals surface area contributed by atoms with Crippen molar-refractivity contribution in [3.8, 4) is 0 Å². The number of benzene rings is 1. The number of nitrogens with one attached hydrogen (secondary N) is 1. The van der Waals surface area contributed by atoms with Crippen molar-refractivity contribution in [3.05, 3.63) is 52.7 Å². The van der Waals surface area contributed by atoms with Gasteiger partial charge in [0, 0.05) is 6.54 Å². The fourth-order valence-electron chi connectivity index (χ4n) is 1.51. The van der Waals surface area contributed by atoms with Crippen molar-refractivity contribution in [1.29, 1.82) is 0 Å². The van der Waals surface area contributed by atoms with Gasteiger partial charge in [-0.05, 0) is 29.3 Å². The maximum Gasteiger partial charge on any atom is 0.416 e. The van der Waals surface area contributed by atoms with Gasteiger partial charge in [-0.15, -0.1) is 0 Å². The molecule has 3 nitrogen and oxygen atoms in total. The van der Waals surface area contributed by atoms with Gasteiger partial charge < -0.3 is 5.32 Å². The Morgan fingerprint density at radius 2 is 2.00 bits per heavy atom. The van der Waals surface area contributed by atoms with E-state index in [1.54, 1.807) is 0 Å². The minimum Gasteiger partial charge on any atom is -0.363 e. The standard InChI is InChI=1S/C12H8ClF4N3/c13-11-19-6-9(14)10(20-11)18-5-7-2-1-3-8(4-7)12(15,16)17/h1-4,6H,5H2,(H,18,19,20). The molecule has 0 aliphatic rings. The van der Waals surface area contributed by atoms with Gasteiger partial charge in [-0.2, -0.15) is 18.2 Å². The van der Waals surface area contributed by atoms with Crippen molar-refractivity contribution in [2.45, 2.75) is 12.7 Å². The molecule has 0 spiro atoms. The van der Waals surface area contributed by atoms with E-state index in [-0.39, 0.29) is 17.6 Å². The first-order valence-corrected chi connectivity index (χ1v) is 5.82. The monoisotopic (exact) mass is 305 g/mol. The van der Waals surface area contributed by atoms with Crippen molar-refractivity contribution in [1.82, 2.24) is 9.97 Å². The van der Waals surface area contributed by atoms with Crippen molar-refractivity contribution in [2.24, 2.45) is 0 Å². The van der Waals surface area contributed by atoms with Gasteiger partial charge in [-0.3, -0.25) is 0 Å². The predicted octanol–water partition coefficient (Wildman–Crippen LogP) is 3.90. The van der Waals surface area contributed by atoms with Gasteiger partial charge in [0.25, 0.3) is 0 Å². The second kappa shape index (κ2) is 5.62. The van der Waals surface area contributed by atoms with Crippen LogP contribution in [0.15, 0.2) is 30.5 Å². The lowest BCUT2D eigenvalue weighted by atomic mass is 10.1. The largest absolute Gasteiger partial charge is 0.416 e. The molecule has 1 N–H and O–H groups in total. The van der Waals surface area contributed by atoms with Crippen LogP contribution < -0.4 is 5.32 Å². The third-order valence-electron chi connectivity index (χ3n) is 2.43. The zero-order chi connectivity index (χ0) is 14.8. The predicted molar refractivity (Wildman–Crippen MR) is 65.8 cm³/mol. The van der Waals surface area contributed by atoms with Gasteiger partial charge in [-0.25, -0.2) is 9.37 Å². The lowest BCUT2D eigenvalue weighted by Gasteiger charge is -2.10. The number of aromatic nitrogens is 2. The molecule has 0 aliphatic carbocycles. The van der Waals surface area contributed by atoms with E-state index in [9.17, 15) is 17.6 Å². The maximum atomic E-state index is 13.3. The summed E-state index contributed by atoms with van der Waals surface area (Å²) < 4.78 is 50.9. The Bertz CT molecular complexity index is 616. The van der Waals surface area contributed by atoms with E-state index in [0.29, 0.717) is 5.56 Å². The van der Waals surface area contributed by atoms with Gasteiger partial charge in [0.2, 0.25) is 5.28 Å². The number of hydrogen-bond donors (Lipinski definition) is 1. The van der Waals surface area contributed by atoms with Crippen molar-refractivity contribution >= 4 is 17.4 Å². The zero-order valence-corrected chi connectivity index (χ0v) is 10.6. The molecule has 1 heterocycles. The average Bonchev–Trinajstić information content (AvgIpc) is 2.39. The number of alkyl halides is 3. The molecule has 0 saturated carbocycles. The molecule has 0 aliphatic heterocycles. The molecule has 0 bridgehead atoms. The second-order valence-corrected chi connectivity index (χ2v) is 4.23. The molecular weight excluding hydrogens is 298 g/mol. The van der Waals surface area contributed by atoms with Crippen molar-refractivity contribution in [2.75, 3.05) is 5.32 Å². The highest BCUT2D eigenvalue weighted by molar-refractivity contribution is 6.28. The van der Waals surface area contributed by atoms with E-state index < -0.39 is 17.6 Å². The smallest absolute Gasteiger partial charge is 0.363 e. The highest BCUT2D eigenvalue weighted by Crippen LogP contribution is 2.29. The van der Waals surface area contributed by atoms with Gasteiger partial charge in [0.05, 0.1) is 11.8 Å². The summed E-state index contributed by atoms with van der Waals surface area (Å²) in [5.74, 6) is -0.899. The Morgan fingerprint density at radius 3 is 2.70 bits per heavy atom. The number of hydrogen-bond acceptors (Lipinski definition) is 3. The molecule has 0 unspecified atom stereocenters. The molecule has 0 atom stereocenters. The summed E-state index contributed by atoms with van der Waals surface area (Å²) in [4.78, 5) is 7.04. The molecule has 0 fully saturated rings. The molecule has 106 valence electrons. The van der Waals surface area contributed by atoms with Crippen LogP contribution in [-0.4, -0.2) is 9.97 Å². The van der Waals surface area contributed by atoms with E-state index in [2.05, 4.69) is 15.3 Å². The number of rotatable bonds is 3. The van der Waals surface area contributed by atoms with Crippen LogP contribution in [0.1, 0.15) is 11.1 Å². The topological polar surface area (TPSA) is 37.8 Å². The summed E-state index contributed by atoms with van der Waals surface area (Å²) in [6.07, 6.45) is -3.54. The summed E-state index contributed by atoms with van der Waals surface area (Å²) in [6, 6.07) is 4.71. The molecular formula is C12H8ClF4N3. The molecule has 20 heavy (non-hydrogen) atoms. The Morgan fingerprint density at radius 1 is 1.25 bits per heavy atom. The van der Waals surface area contributed by atoms with Gasteiger partial charge in [0.15, 0.2) is 11.6 Å². The van der Waals surface area contributed by atoms with Gasteiger partial charge >= 0.3 is 6.18 Å². The molecule has 0 radical (unpaired) electrons. The summed E-state index contributed by atoms with van der Waals surface area (Å²) in [6.45, 7) is -0.0197. The average molecular weight is 306 g/mol. The fourth-order valence-corrected chi connectivity index (χ4v) is 1.65. The lowest BCUT2D eigenvalue weighted by molar-refractivity contribution is -0.137. The second-order valence-electron chi connectivity index (χ2n) is 3.89. The Hall–Kier alpha value is -1.89.